The lowest BCUT2D eigenvalue weighted by Crippen LogP contribution is -1.99. The largest absolute Gasteiger partial charge is 0.392 e. The third-order valence-corrected chi connectivity index (χ3v) is 2.28. The summed E-state index contributed by atoms with van der Waals surface area (Å²) in [7, 11) is 0. The summed E-state index contributed by atoms with van der Waals surface area (Å²) in [6.45, 7) is 1.70. The number of rotatable bonds is 2. The Balaban J connectivity index is 2.50. The molecule has 3 nitrogen and oxygen atoms in total. The zero-order valence-corrected chi connectivity index (χ0v) is 8.31. The summed E-state index contributed by atoms with van der Waals surface area (Å²) in [4.78, 5) is 3.93. The van der Waals surface area contributed by atoms with Gasteiger partial charge in [-0.25, -0.2) is 9.37 Å². The molecule has 2 aromatic rings. The maximum Gasteiger partial charge on any atom is 0.147 e. The predicted molar refractivity (Wildman–Crippen MR) is 54.2 cm³/mol. The van der Waals surface area contributed by atoms with Gasteiger partial charge in [-0.3, -0.25) is 0 Å². The predicted octanol–water partition coefficient (Wildman–Crippen LogP) is 1.81. The Hall–Kier alpha value is -1.68. The highest BCUT2D eigenvalue weighted by Crippen LogP contribution is 2.16. The molecule has 0 spiro atoms. The zero-order chi connectivity index (χ0) is 10.8. The van der Waals surface area contributed by atoms with Crippen LogP contribution in [0.1, 0.15) is 11.3 Å². The highest BCUT2D eigenvalue weighted by Gasteiger charge is 2.06. The fourth-order valence-corrected chi connectivity index (χ4v) is 1.46. The Labute approximate surface area is 86.8 Å². The van der Waals surface area contributed by atoms with Crippen molar-refractivity contribution in [3.8, 4) is 5.69 Å². The van der Waals surface area contributed by atoms with E-state index in [2.05, 4.69) is 4.98 Å². The number of imidazole rings is 1. The van der Waals surface area contributed by atoms with Gasteiger partial charge in [0.05, 0.1) is 18.6 Å². The normalized spacial score (nSPS) is 10.6. The highest BCUT2D eigenvalue weighted by molar-refractivity contribution is 5.37. The molecule has 78 valence electrons. The van der Waals surface area contributed by atoms with Gasteiger partial charge in [0, 0.05) is 11.9 Å². The van der Waals surface area contributed by atoms with Crippen molar-refractivity contribution in [1.82, 2.24) is 9.55 Å². The molecule has 0 aliphatic rings. The van der Waals surface area contributed by atoms with E-state index in [-0.39, 0.29) is 12.4 Å². The Kier molecular flexibility index (Phi) is 2.51. The lowest BCUT2D eigenvalue weighted by molar-refractivity contribution is 0.281. The maximum atomic E-state index is 13.6. The van der Waals surface area contributed by atoms with Crippen LogP contribution in [0.15, 0.2) is 30.7 Å². The smallest absolute Gasteiger partial charge is 0.147 e. The second-order valence-electron chi connectivity index (χ2n) is 3.35. The van der Waals surface area contributed by atoms with Crippen molar-refractivity contribution in [3.63, 3.8) is 0 Å². The van der Waals surface area contributed by atoms with E-state index in [4.69, 9.17) is 5.11 Å². The molecule has 4 heteroatoms. The van der Waals surface area contributed by atoms with Crippen molar-refractivity contribution in [2.24, 2.45) is 0 Å². The van der Waals surface area contributed by atoms with Crippen LogP contribution in [0.3, 0.4) is 0 Å². The van der Waals surface area contributed by atoms with Crippen LogP contribution >= 0.6 is 0 Å². The van der Waals surface area contributed by atoms with Crippen LogP contribution in [0.5, 0.6) is 0 Å². The topological polar surface area (TPSA) is 38.0 Å². The molecule has 0 saturated carbocycles. The van der Waals surface area contributed by atoms with Crippen LogP contribution < -0.4 is 0 Å². The average molecular weight is 206 g/mol. The van der Waals surface area contributed by atoms with Crippen LogP contribution in [-0.4, -0.2) is 14.7 Å². The molecule has 0 bridgehead atoms. The summed E-state index contributed by atoms with van der Waals surface area (Å²) in [6.07, 6.45) is 3.23. The molecule has 15 heavy (non-hydrogen) atoms. The number of aliphatic hydroxyl groups is 1. The van der Waals surface area contributed by atoms with Gasteiger partial charge in [-0.15, -0.1) is 0 Å². The summed E-state index contributed by atoms with van der Waals surface area (Å²) in [5.41, 5.74) is 1.88. The van der Waals surface area contributed by atoms with Gasteiger partial charge in [0.2, 0.25) is 0 Å². The van der Waals surface area contributed by atoms with E-state index < -0.39 is 0 Å². The van der Waals surface area contributed by atoms with Gasteiger partial charge in [-0.1, -0.05) is 6.07 Å². The monoisotopic (exact) mass is 206 g/mol. The first kappa shape index (κ1) is 9.86. The molecule has 0 aliphatic carbocycles. The first-order valence-corrected chi connectivity index (χ1v) is 4.61. The molecular formula is C11H11FN2O. The van der Waals surface area contributed by atoms with Crippen molar-refractivity contribution in [2.75, 3.05) is 0 Å². The number of benzene rings is 1. The van der Waals surface area contributed by atoms with Gasteiger partial charge in [0.15, 0.2) is 0 Å². The number of aryl methyl sites for hydroxylation is 1. The summed E-state index contributed by atoms with van der Waals surface area (Å²) in [5.74, 6) is -0.359. The van der Waals surface area contributed by atoms with Gasteiger partial charge in [-0.2, -0.15) is 0 Å². The number of aliphatic hydroxyl groups excluding tert-OH is 1. The van der Waals surface area contributed by atoms with Crippen LogP contribution in [0, 0.1) is 12.7 Å². The Morgan fingerprint density at radius 3 is 2.80 bits per heavy atom. The highest BCUT2D eigenvalue weighted by atomic mass is 19.1. The fourth-order valence-electron chi connectivity index (χ4n) is 1.46. The molecule has 1 heterocycles. The van der Waals surface area contributed by atoms with Crippen LogP contribution in [0.2, 0.25) is 0 Å². The first-order chi connectivity index (χ1) is 7.22. The molecule has 2 rings (SSSR count). The fraction of sp³-hybridized carbons (Fsp3) is 0.182. The van der Waals surface area contributed by atoms with Crippen molar-refractivity contribution < 1.29 is 9.50 Å². The molecule has 1 N–H and O–H groups in total. The number of hydrogen-bond donors (Lipinski definition) is 1. The maximum absolute atomic E-state index is 13.6. The molecular weight excluding hydrogens is 195 g/mol. The average Bonchev–Trinajstić information content (AvgIpc) is 2.64. The van der Waals surface area contributed by atoms with E-state index in [1.54, 1.807) is 29.2 Å². The minimum absolute atomic E-state index is 0.153. The molecule has 0 radical (unpaired) electrons. The lowest BCUT2D eigenvalue weighted by atomic mass is 10.2. The number of hydrogen-bond acceptors (Lipinski definition) is 2. The molecule has 0 unspecified atom stereocenters. The first-order valence-electron chi connectivity index (χ1n) is 4.61. The van der Waals surface area contributed by atoms with Gasteiger partial charge in [0.25, 0.3) is 0 Å². The van der Waals surface area contributed by atoms with E-state index in [9.17, 15) is 4.39 Å². The second kappa shape index (κ2) is 3.82. The minimum atomic E-state index is -0.359. The summed E-state index contributed by atoms with van der Waals surface area (Å²) in [5, 5.41) is 8.85. The Morgan fingerprint density at radius 2 is 2.27 bits per heavy atom. The van der Waals surface area contributed by atoms with Gasteiger partial charge in [-0.05, 0) is 24.6 Å². The Bertz CT molecular complexity index is 479. The van der Waals surface area contributed by atoms with Crippen molar-refractivity contribution in [1.29, 1.82) is 0 Å². The van der Waals surface area contributed by atoms with Gasteiger partial charge < -0.3 is 9.67 Å². The molecule has 0 fully saturated rings. The number of aromatic nitrogens is 2. The lowest BCUT2D eigenvalue weighted by Gasteiger charge is -2.07. The van der Waals surface area contributed by atoms with E-state index in [0.29, 0.717) is 11.3 Å². The van der Waals surface area contributed by atoms with E-state index in [1.807, 2.05) is 6.92 Å². The summed E-state index contributed by atoms with van der Waals surface area (Å²) in [6, 6.07) is 4.65. The SMILES string of the molecule is Cc1cncn1-c1ccc(CO)cc1F. The van der Waals surface area contributed by atoms with Crippen LogP contribution in [0.4, 0.5) is 4.39 Å². The third kappa shape index (κ3) is 1.76. The van der Waals surface area contributed by atoms with Crippen molar-refractivity contribution in [2.45, 2.75) is 13.5 Å². The van der Waals surface area contributed by atoms with E-state index in [0.717, 1.165) is 5.69 Å². The van der Waals surface area contributed by atoms with Crippen molar-refractivity contribution >= 4 is 0 Å². The standard InChI is InChI=1S/C11H11FN2O/c1-8-5-13-7-14(8)11-3-2-9(6-15)4-10(11)12/h2-5,7,15H,6H2,1H3. The molecule has 0 atom stereocenters. The molecule has 0 saturated heterocycles. The van der Waals surface area contributed by atoms with Crippen molar-refractivity contribution in [3.05, 3.63) is 47.8 Å². The number of nitrogens with zero attached hydrogens (tertiary/aromatic N) is 2. The van der Waals surface area contributed by atoms with E-state index >= 15 is 0 Å². The molecule has 1 aromatic carbocycles. The molecule has 0 aliphatic heterocycles. The summed E-state index contributed by atoms with van der Waals surface area (Å²) >= 11 is 0. The quantitative estimate of drug-likeness (QED) is 0.813. The molecule has 0 amide bonds. The Morgan fingerprint density at radius 1 is 1.47 bits per heavy atom. The summed E-state index contributed by atoms with van der Waals surface area (Å²) < 4.78 is 15.3. The van der Waals surface area contributed by atoms with E-state index in [1.165, 1.54) is 6.07 Å². The number of halogens is 1. The van der Waals surface area contributed by atoms with Gasteiger partial charge in [0.1, 0.15) is 5.82 Å². The van der Waals surface area contributed by atoms with Gasteiger partial charge >= 0.3 is 0 Å². The minimum Gasteiger partial charge on any atom is -0.392 e. The van der Waals surface area contributed by atoms with Crippen LogP contribution in [-0.2, 0) is 6.61 Å². The third-order valence-electron chi connectivity index (χ3n) is 2.28. The zero-order valence-electron chi connectivity index (χ0n) is 8.31. The molecule has 1 aromatic heterocycles. The second-order valence-corrected chi connectivity index (χ2v) is 3.35. The van der Waals surface area contributed by atoms with Crippen LogP contribution in [0.25, 0.3) is 5.69 Å².